The maximum absolute atomic E-state index is 11.1. The topological polar surface area (TPSA) is 82.1 Å². The molecule has 0 heterocycles. The predicted octanol–water partition coefficient (Wildman–Crippen LogP) is 0.470. The third kappa shape index (κ3) is 8.58. The number of carbonyl (C=O) groups excluding carboxylic acids is 1. The molecule has 7 nitrogen and oxygen atoms in total. The molecule has 1 unspecified atom stereocenters. The molecule has 0 spiro atoms. The highest BCUT2D eigenvalue weighted by Gasteiger charge is 2.25. The SMILES string of the molecule is C=CC(=O)OOP(=O)(O)OCC[N+](C)(C)C. The molecule has 0 aromatic rings. The molecule has 0 saturated heterocycles. The van der Waals surface area contributed by atoms with Crippen LogP contribution in [0.1, 0.15) is 0 Å². The number of likely N-dealkylation sites (N-methyl/N-ethyl adjacent to an activating group) is 1. The maximum Gasteiger partial charge on any atom is 0.508 e. The van der Waals surface area contributed by atoms with E-state index in [2.05, 4.69) is 20.7 Å². The molecule has 0 aliphatic heterocycles. The van der Waals surface area contributed by atoms with Crippen LogP contribution in [0.3, 0.4) is 0 Å². The van der Waals surface area contributed by atoms with Gasteiger partial charge in [0.25, 0.3) is 0 Å². The van der Waals surface area contributed by atoms with Crippen molar-refractivity contribution in [3.63, 3.8) is 0 Å². The van der Waals surface area contributed by atoms with Gasteiger partial charge in [-0.05, 0) is 0 Å². The lowest BCUT2D eigenvalue weighted by Crippen LogP contribution is -2.37. The fourth-order valence-corrected chi connectivity index (χ4v) is 1.09. The van der Waals surface area contributed by atoms with Crippen molar-refractivity contribution in [1.29, 1.82) is 0 Å². The van der Waals surface area contributed by atoms with Crippen LogP contribution in [0.5, 0.6) is 0 Å². The Morgan fingerprint density at radius 2 is 2.06 bits per heavy atom. The molecule has 0 bridgehead atoms. The molecule has 0 radical (unpaired) electrons. The minimum atomic E-state index is -4.35. The third-order valence-electron chi connectivity index (χ3n) is 1.40. The Morgan fingerprint density at radius 1 is 1.50 bits per heavy atom. The van der Waals surface area contributed by atoms with E-state index in [1.54, 1.807) is 0 Å². The van der Waals surface area contributed by atoms with Gasteiger partial charge in [0.1, 0.15) is 13.2 Å². The Kier molecular flexibility index (Phi) is 5.85. The van der Waals surface area contributed by atoms with Gasteiger partial charge >= 0.3 is 13.8 Å². The van der Waals surface area contributed by atoms with Crippen LogP contribution in [0.15, 0.2) is 12.7 Å². The van der Waals surface area contributed by atoms with E-state index >= 15 is 0 Å². The molecule has 0 amide bonds. The summed E-state index contributed by atoms with van der Waals surface area (Å²) in [4.78, 5) is 23.5. The number of rotatable bonds is 7. The van der Waals surface area contributed by atoms with E-state index in [4.69, 9.17) is 4.89 Å². The lowest BCUT2D eigenvalue weighted by Gasteiger charge is -2.23. The number of carbonyl (C=O) groups is 1. The summed E-state index contributed by atoms with van der Waals surface area (Å²) in [5.74, 6) is -0.968. The summed E-state index contributed by atoms with van der Waals surface area (Å²) < 4.78 is 20.2. The van der Waals surface area contributed by atoms with Gasteiger partial charge in [0, 0.05) is 6.08 Å². The van der Waals surface area contributed by atoms with Gasteiger partial charge in [0.15, 0.2) is 0 Å². The maximum atomic E-state index is 11.1. The van der Waals surface area contributed by atoms with E-state index in [0.29, 0.717) is 11.0 Å². The van der Waals surface area contributed by atoms with Crippen LogP contribution in [-0.4, -0.2) is 49.6 Å². The number of hydrogen-bond acceptors (Lipinski definition) is 5. The second-order valence-corrected chi connectivity index (χ2v) is 5.34. The molecule has 0 aliphatic rings. The van der Waals surface area contributed by atoms with Gasteiger partial charge in [-0.3, -0.25) is 9.41 Å². The van der Waals surface area contributed by atoms with Crippen molar-refractivity contribution >= 4 is 13.8 Å². The number of phosphoric ester groups is 1. The molecule has 0 saturated carbocycles. The fraction of sp³-hybridized carbons (Fsp3) is 0.625. The van der Waals surface area contributed by atoms with E-state index in [-0.39, 0.29) is 6.61 Å². The lowest BCUT2D eigenvalue weighted by atomic mass is 10.5. The van der Waals surface area contributed by atoms with Crippen LogP contribution in [0, 0.1) is 0 Å². The molecule has 1 N–H and O–H groups in total. The molecule has 0 aliphatic carbocycles. The minimum absolute atomic E-state index is 0.00289. The average molecular weight is 254 g/mol. The van der Waals surface area contributed by atoms with Gasteiger partial charge in [-0.2, -0.15) is 0 Å². The van der Waals surface area contributed by atoms with E-state index in [1.807, 2.05) is 21.1 Å². The van der Waals surface area contributed by atoms with Crippen LogP contribution in [0.2, 0.25) is 0 Å². The first-order chi connectivity index (χ1) is 7.16. The van der Waals surface area contributed by atoms with Gasteiger partial charge in [0.05, 0.1) is 21.1 Å². The first-order valence-electron chi connectivity index (χ1n) is 4.47. The summed E-state index contributed by atoms with van der Waals surface area (Å²) in [5, 5.41) is 0. The molecular formula is C8H17NO6P+. The Hall–Kier alpha value is -0.720. The van der Waals surface area contributed by atoms with Crippen LogP contribution in [0.25, 0.3) is 0 Å². The molecule has 16 heavy (non-hydrogen) atoms. The first kappa shape index (κ1) is 15.3. The summed E-state index contributed by atoms with van der Waals surface area (Å²) in [5.41, 5.74) is 0. The molecule has 0 aromatic carbocycles. The zero-order valence-corrected chi connectivity index (χ0v) is 10.5. The summed E-state index contributed by atoms with van der Waals surface area (Å²) in [7, 11) is 1.33. The van der Waals surface area contributed by atoms with Crippen LogP contribution >= 0.6 is 7.82 Å². The van der Waals surface area contributed by atoms with Gasteiger partial charge in [0.2, 0.25) is 0 Å². The van der Waals surface area contributed by atoms with E-state index in [9.17, 15) is 9.36 Å². The Bertz CT molecular complexity index is 297. The van der Waals surface area contributed by atoms with Gasteiger partial charge in [-0.1, -0.05) is 11.3 Å². The fourth-order valence-electron chi connectivity index (χ4n) is 0.569. The van der Waals surface area contributed by atoms with Crippen molar-refractivity contribution in [3.05, 3.63) is 12.7 Å². The molecule has 0 fully saturated rings. The normalized spacial score (nSPS) is 15.2. The number of quaternary nitrogens is 1. The Balaban J connectivity index is 3.92. The highest BCUT2D eigenvalue weighted by Crippen LogP contribution is 2.43. The minimum Gasteiger partial charge on any atom is -0.329 e. The summed E-state index contributed by atoms with van der Waals surface area (Å²) in [6, 6.07) is 0. The number of hydrogen-bond donors (Lipinski definition) is 1. The van der Waals surface area contributed by atoms with Crippen molar-refractivity contribution in [3.8, 4) is 0 Å². The van der Waals surface area contributed by atoms with Crippen molar-refractivity contribution in [2.75, 3.05) is 34.3 Å². The Labute approximate surface area is 94.3 Å². The van der Waals surface area contributed by atoms with Gasteiger partial charge in [-0.25, -0.2) is 9.36 Å². The molecule has 0 aromatic heterocycles. The largest absolute Gasteiger partial charge is 0.508 e. The van der Waals surface area contributed by atoms with Crippen LogP contribution < -0.4 is 0 Å². The molecule has 94 valence electrons. The third-order valence-corrected chi connectivity index (χ3v) is 2.17. The molecule has 0 rings (SSSR count). The van der Waals surface area contributed by atoms with Crippen LogP contribution in [0.4, 0.5) is 0 Å². The van der Waals surface area contributed by atoms with Gasteiger partial charge < -0.3 is 9.38 Å². The smallest absolute Gasteiger partial charge is 0.329 e. The standard InChI is InChI=1S/C8H16NO6P/c1-5-8(10)14-15-16(11,12)13-7-6-9(2,3)4/h5H,1,6-7H2,2-4H3/p+1. The predicted molar refractivity (Wildman–Crippen MR) is 56.1 cm³/mol. The number of phosphoric acid groups is 1. The lowest BCUT2D eigenvalue weighted by molar-refractivity contribution is -0.870. The molecule has 8 heteroatoms. The monoisotopic (exact) mass is 254 g/mol. The Morgan fingerprint density at radius 3 is 2.50 bits per heavy atom. The zero-order chi connectivity index (χ0) is 12.8. The summed E-state index contributed by atoms with van der Waals surface area (Å²) >= 11 is 0. The summed E-state index contributed by atoms with van der Waals surface area (Å²) in [6.45, 7) is 3.59. The second-order valence-electron chi connectivity index (χ2n) is 4.00. The van der Waals surface area contributed by atoms with Crippen molar-refractivity contribution in [2.45, 2.75) is 0 Å². The van der Waals surface area contributed by atoms with Crippen molar-refractivity contribution in [2.24, 2.45) is 0 Å². The number of nitrogens with zero attached hydrogens (tertiary/aromatic N) is 1. The van der Waals surface area contributed by atoms with Crippen molar-refractivity contribution < 1.29 is 32.8 Å². The van der Waals surface area contributed by atoms with Crippen molar-refractivity contribution in [1.82, 2.24) is 0 Å². The first-order valence-corrected chi connectivity index (χ1v) is 5.96. The quantitative estimate of drug-likeness (QED) is 0.234. The highest BCUT2D eigenvalue weighted by molar-refractivity contribution is 7.47. The highest BCUT2D eigenvalue weighted by atomic mass is 31.2. The molecular weight excluding hydrogens is 237 g/mol. The van der Waals surface area contributed by atoms with E-state index in [0.717, 1.165) is 6.08 Å². The van der Waals surface area contributed by atoms with Gasteiger partial charge in [-0.15, -0.1) is 0 Å². The van der Waals surface area contributed by atoms with Crippen LogP contribution in [-0.2, 0) is 23.4 Å². The average Bonchev–Trinajstić information content (AvgIpc) is 2.12. The summed E-state index contributed by atoms with van der Waals surface area (Å²) in [6.07, 6.45) is 0.798. The van der Waals surface area contributed by atoms with E-state index < -0.39 is 13.8 Å². The zero-order valence-electron chi connectivity index (χ0n) is 9.58. The second kappa shape index (κ2) is 6.12. The molecule has 1 atom stereocenters. The van der Waals surface area contributed by atoms with E-state index in [1.165, 1.54) is 0 Å².